The lowest BCUT2D eigenvalue weighted by molar-refractivity contribution is 0.118. The summed E-state index contributed by atoms with van der Waals surface area (Å²) >= 11 is 0. The highest BCUT2D eigenvalue weighted by Gasteiger charge is 2.22. The highest BCUT2D eigenvalue weighted by molar-refractivity contribution is 7.90. The quantitative estimate of drug-likeness (QED) is 0.897. The predicted octanol–water partition coefficient (Wildman–Crippen LogP) is 2.31. The number of benzene rings is 1. The summed E-state index contributed by atoms with van der Waals surface area (Å²) in [5, 5.41) is 10.1. The van der Waals surface area contributed by atoms with Crippen LogP contribution >= 0.6 is 0 Å². The summed E-state index contributed by atoms with van der Waals surface area (Å²) in [5.41, 5.74) is 0.708. The van der Waals surface area contributed by atoms with Crippen molar-refractivity contribution in [1.29, 1.82) is 0 Å². The summed E-state index contributed by atoms with van der Waals surface area (Å²) in [6.45, 7) is 0. The molecule has 1 aliphatic rings. The molecule has 1 unspecified atom stereocenters. The second kappa shape index (κ2) is 4.78. The number of hydrogen-bond donors (Lipinski definition) is 1. The van der Waals surface area contributed by atoms with Crippen molar-refractivity contribution in [2.45, 2.75) is 36.7 Å². The van der Waals surface area contributed by atoms with E-state index in [0.717, 1.165) is 6.42 Å². The molecule has 1 fully saturated rings. The Morgan fingerprint density at radius 3 is 2.65 bits per heavy atom. The van der Waals surface area contributed by atoms with Gasteiger partial charge < -0.3 is 5.11 Å². The molecule has 0 heterocycles. The van der Waals surface area contributed by atoms with Crippen molar-refractivity contribution >= 4 is 9.84 Å². The van der Waals surface area contributed by atoms with E-state index in [9.17, 15) is 13.5 Å². The fourth-order valence-electron chi connectivity index (χ4n) is 2.13. The summed E-state index contributed by atoms with van der Waals surface area (Å²) in [5.74, 6) is 0.604. The third kappa shape index (κ3) is 3.07. The number of hydrogen-bond acceptors (Lipinski definition) is 3. The zero-order valence-corrected chi connectivity index (χ0v) is 10.8. The number of aliphatic hydroxyl groups excluding tert-OH is 1. The Morgan fingerprint density at radius 1 is 1.41 bits per heavy atom. The van der Waals surface area contributed by atoms with Crippen molar-refractivity contribution in [2.75, 3.05) is 6.26 Å². The molecule has 0 amide bonds. The van der Waals surface area contributed by atoms with Gasteiger partial charge in [0.1, 0.15) is 0 Å². The highest BCUT2D eigenvalue weighted by Crippen LogP contribution is 2.34. The second-order valence-corrected chi connectivity index (χ2v) is 6.91. The molecule has 0 bridgehead atoms. The SMILES string of the molecule is CS(=O)(=O)c1cccc(C(O)CC2CCC2)c1. The third-order valence-corrected chi connectivity index (χ3v) is 4.56. The lowest BCUT2D eigenvalue weighted by Crippen LogP contribution is -2.15. The molecule has 0 saturated heterocycles. The monoisotopic (exact) mass is 254 g/mol. The molecule has 0 aliphatic heterocycles. The normalized spacial score (nSPS) is 18.7. The Kier molecular flexibility index (Phi) is 3.54. The molecular formula is C13H18O3S. The maximum absolute atomic E-state index is 11.4. The van der Waals surface area contributed by atoms with Crippen LogP contribution in [0, 0.1) is 5.92 Å². The number of sulfone groups is 1. The molecule has 0 aromatic heterocycles. The van der Waals surface area contributed by atoms with Gasteiger partial charge >= 0.3 is 0 Å². The lowest BCUT2D eigenvalue weighted by Gasteiger charge is -2.27. The first-order valence-electron chi connectivity index (χ1n) is 5.95. The van der Waals surface area contributed by atoms with Crippen LogP contribution < -0.4 is 0 Å². The van der Waals surface area contributed by atoms with Crippen LogP contribution in [0.3, 0.4) is 0 Å². The van der Waals surface area contributed by atoms with Crippen molar-refractivity contribution in [2.24, 2.45) is 5.92 Å². The minimum Gasteiger partial charge on any atom is -0.388 e. The van der Waals surface area contributed by atoms with Gasteiger partial charge in [0.25, 0.3) is 0 Å². The summed E-state index contributed by atoms with van der Waals surface area (Å²) in [6, 6.07) is 6.63. The van der Waals surface area contributed by atoms with Gasteiger partial charge in [-0.2, -0.15) is 0 Å². The van der Waals surface area contributed by atoms with E-state index in [4.69, 9.17) is 0 Å². The van der Waals surface area contributed by atoms with Gasteiger partial charge in [-0.15, -0.1) is 0 Å². The van der Waals surface area contributed by atoms with Gasteiger partial charge in [-0.25, -0.2) is 8.42 Å². The molecule has 1 atom stereocenters. The van der Waals surface area contributed by atoms with Crippen molar-refractivity contribution in [1.82, 2.24) is 0 Å². The van der Waals surface area contributed by atoms with Crippen molar-refractivity contribution in [3.8, 4) is 0 Å². The summed E-state index contributed by atoms with van der Waals surface area (Å²) < 4.78 is 22.8. The van der Waals surface area contributed by atoms with Crippen LogP contribution in [0.15, 0.2) is 29.2 Å². The molecule has 4 heteroatoms. The summed E-state index contributed by atoms with van der Waals surface area (Å²) in [4.78, 5) is 0.280. The molecular weight excluding hydrogens is 236 g/mol. The van der Waals surface area contributed by atoms with Gasteiger partial charge in [0, 0.05) is 6.26 Å². The van der Waals surface area contributed by atoms with Crippen molar-refractivity contribution < 1.29 is 13.5 Å². The third-order valence-electron chi connectivity index (χ3n) is 3.45. The van der Waals surface area contributed by atoms with E-state index in [1.807, 2.05) is 0 Å². The molecule has 2 rings (SSSR count). The van der Waals surface area contributed by atoms with Gasteiger partial charge in [-0.1, -0.05) is 31.4 Å². The van der Waals surface area contributed by atoms with Crippen LogP contribution in [0.25, 0.3) is 0 Å². The Morgan fingerprint density at radius 2 is 2.12 bits per heavy atom. The molecule has 17 heavy (non-hydrogen) atoms. The fraction of sp³-hybridized carbons (Fsp3) is 0.538. The molecule has 1 N–H and O–H groups in total. The maximum atomic E-state index is 11.4. The fourth-order valence-corrected chi connectivity index (χ4v) is 2.81. The van der Waals surface area contributed by atoms with Crippen LogP contribution in [0.1, 0.15) is 37.4 Å². The molecule has 1 aromatic rings. The number of rotatable bonds is 4. The van der Waals surface area contributed by atoms with E-state index in [0.29, 0.717) is 11.5 Å². The minimum absolute atomic E-state index is 0.280. The molecule has 0 radical (unpaired) electrons. The Labute approximate surface area is 102 Å². The van der Waals surface area contributed by atoms with Crippen LogP contribution in [0.5, 0.6) is 0 Å². The summed E-state index contributed by atoms with van der Waals surface area (Å²) in [6.07, 6.45) is 5.01. The van der Waals surface area contributed by atoms with Crippen LogP contribution in [-0.4, -0.2) is 19.8 Å². The molecule has 3 nitrogen and oxygen atoms in total. The Balaban J connectivity index is 2.14. The lowest BCUT2D eigenvalue weighted by atomic mass is 9.80. The van der Waals surface area contributed by atoms with E-state index in [2.05, 4.69) is 0 Å². The minimum atomic E-state index is -3.19. The van der Waals surface area contributed by atoms with E-state index in [-0.39, 0.29) is 4.90 Å². The van der Waals surface area contributed by atoms with E-state index < -0.39 is 15.9 Å². The van der Waals surface area contributed by atoms with Crippen molar-refractivity contribution in [3.63, 3.8) is 0 Å². The summed E-state index contributed by atoms with van der Waals surface area (Å²) in [7, 11) is -3.19. The Bertz CT molecular complexity index is 489. The first-order valence-corrected chi connectivity index (χ1v) is 7.84. The first kappa shape index (κ1) is 12.6. The van der Waals surface area contributed by atoms with Gasteiger partial charge in [0.15, 0.2) is 9.84 Å². The molecule has 0 spiro atoms. The first-order chi connectivity index (χ1) is 7.97. The van der Waals surface area contributed by atoms with Crippen LogP contribution in [0.2, 0.25) is 0 Å². The largest absolute Gasteiger partial charge is 0.388 e. The standard InChI is InChI=1S/C13H18O3S/c1-17(15,16)12-7-3-6-11(9-12)13(14)8-10-4-2-5-10/h3,6-7,9-10,13-14H,2,4-5,8H2,1H3. The van der Waals surface area contributed by atoms with Crippen molar-refractivity contribution in [3.05, 3.63) is 29.8 Å². The average molecular weight is 254 g/mol. The van der Waals surface area contributed by atoms with Gasteiger partial charge in [-0.3, -0.25) is 0 Å². The van der Waals surface area contributed by atoms with E-state index >= 15 is 0 Å². The topological polar surface area (TPSA) is 54.4 Å². The smallest absolute Gasteiger partial charge is 0.175 e. The molecule has 1 saturated carbocycles. The zero-order valence-electron chi connectivity index (χ0n) is 9.96. The highest BCUT2D eigenvalue weighted by atomic mass is 32.2. The molecule has 1 aromatic carbocycles. The van der Waals surface area contributed by atoms with Gasteiger partial charge in [-0.05, 0) is 30.0 Å². The van der Waals surface area contributed by atoms with Gasteiger partial charge in [0.05, 0.1) is 11.0 Å². The van der Waals surface area contributed by atoms with Crippen LogP contribution in [0.4, 0.5) is 0 Å². The molecule has 1 aliphatic carbocycles. The molecule has 94 valence electrons. The van der Waals surface area contributed by atoms with Gasteiger partial charge in [0.2, 0.25) is 0 Å². The second-order valence-electron chi connectivity index (χ2n) is 4.89. The van der Waals surface area contributed by atoms with E-state index in [1.165, 1.54) is 25.5 Å². The van der Waals surface area contributed by atoms with E-state index in [1.54, 1.807) is 24.3 Å². The zero-order chi connectivity index (χ0) is 12.5. The Hall–Kier alpha value is -0.870. The average Bonchev–Trinajstić information content (AvgIpc) is 2.22. The predicted molar refractivity (Wildman–Crippen MR) is 66.5 cm³/mol. The van der Waals surface area contributed by atoms with Crippen LogP contribution in [-0.2, 0) is 9.84 Å². The maximum Gasteiger partial charge on any atom is 0.175 e. The number of aliphatic hydroxyl groups is 1.